The zero-order valence-electron chi connectivity index (χ0n) is 14.9. The minimum Gasteiger partial charge on any atom is -0.478 e. The van der Waals surface area contributed by atoms with Crippen molar-refractivity contribution in [1.82, 2.24) is 4.90 Å². The number of benzene rings is 2. The fourth-order valence-electron chi connectivity index (χ4n) is 2.57. The highest BCUT2D eigenvalue weighted by molar-refractivity contribution is 6.01. The summed E-state index contributed by atoms with van der Waals surface area (Å²) in [5, 5.41) is 11.9. The number of anilines is 1. The van der Waals surface area contributed by atoms with Gasteiger partial charge in [0, 0.05) is 17.8 Å². The zero-order chi connectivity index (χ0) is 19.1. The minimum atomic E-state index is -1.10. The van der Waals surface area contributed by atoms with Gasteiger partial charge in [-0.3, -0.25) is 9.59 Å². The molecule has 136 valence electrons. The maximum absolute atomic E-state index is 12.7. The Morgan fingerprint density at radius 1 is 1.04 bits per heavy atom. The van der Waals surface area contributed by atoms with E-state index >= 15 is 0 Å². The predicted molar refractivity (Wildman–Crippen MR) is 99.4 cm³/mol. The second-order valence-electron chi connectivity index (χ2n) is 5.98. The van der Waals surface area contributed by atoms with Gasteiger partial charge in [0.1, 0.15) is 6.54 Å². The van der Waals surface area contributed by atoms with Crippen molar-refractivity contribution in [1.29, 1.82) is 0 Å². The number of amides is 2. The number of carbonyl (C=O) groups excluding carboxylic acids is 2. The Labute approximate surface area is 152 Å². The molecule has 0 aliphatic heterocycles. The van der Waals surface area contributed by atoms with Crippen LogP contribution in [0.5, 0.6) is 0 Å². The monoisotopic (exact) mass is 354 g/mol. The van der Waals surface area contributed by atoms with Crippen LogP contribution in [-0.4, -0.2) is 40.9 Å². The maximum Gasteiger partial charge on any atom is 0.335 e. The molecule has 0 aliphatic carbocycles. The number of rotatable bonds is 7. The normalized spacial score (nSPS) is 10.2. The van der Waals surface area contributed by atoms with E-state index < -0.39 is 5.97 Å². The van der Waals surface area contributed by atoms with Crippen LogP contribution < -0.4 is 5.32 Å². The third-order valence-electron chi connectivity index (χ3n) is 3.89. The molecule has 0 heterocycles. The Hall–Kier alpha value is -3.15. The molecule has 2 amide bonds. The summed E-state index contributed by atoms with van der Waals surface area (Å²) in [4.78, 5) is 37.6. The van der Waals surface area contributed by atoms with Crippen LogP contribution >= 0.6 is 0 Å². The van der Waals surface area contributed by atoms with Gasteiger partial charge >= 0.3 is 5.97 Å². The molecule has 2 aromatic carbocycles. The van der Waals surface area contributed by atoms with Crippen molar-refractivity contribution in [3.63, 3.8) is 0 Å². The van der Waals surface area contributed by atoms with E-state index in [1.54, 1.807) is 12.1 Å². The van der Waals surface area contributed by atoms with Crippen LogP contribution in [0.15, 0.2) is 48.5 Å². The van der Waals surface area contributed by atoms with Gasteiger partial charge in [-0.2, -0.15) is 0 Å². The molecule has 0 saturated heterocycles. The lowest BCUT2D eigenvalue weighted by molar-refractivity contribution is -0.116. The van der Waals surface area contributed by atoms with Crippen LogP contribution in [0.1, 0.15) is 39.6 Å². The number of nitrogens with one attached hydrogen (secondary N) is 1. The average molecular weight is 354 g/mol. The number of carboxylic acids is 1. The lowest BCUT2D eigenvalue weighted by Gasteiger charge is -2.22. The first-order chi connectivity index (χ1) is 12.4. The molecular formula is C20H22N2O4. The summed E-state index contributed by atoms with van der Waals surface area (Å²) >= 11 is 0. The lowest BCUT2D eigenvalue weighted by Crippen LogP contribution is -2.38. The molecule has 0 radical (unpaired) electrons. The number of hydrogen-bond acceptors (Lipinski definition) is 3. The number of carboxylic acid groups (broad SMARTS) is 1. The summed E-state index contributed by atoms with van der Waals surface area (Å²) in [7, 11) is 0. The van der Waals surface area contributed by atoms with Crippen LogP contribution in [0, 0.1) is 6.92 Å². The highest BCUT2D eigenvalue weighted by atomic mass is 16.4. The summed E-state index contributed by atoms with van der Waals surface area (Å²) in [6.07, 6.45) is 0.683. The molecule has 6 nitrogen and oxygen atoms in total. The van der Waals surface area contributed by atoms with Crippen LogP contribution in [0.4, 0.5) is 5.69 Å². The van der Waals surface area contributed by atoms with Crippen LogP contribution in [0.3, 0.4) is 0 Å². The summed E-state index contributed by atoms with van der Waals surface area (Å²) < 4.78 is 0. The van der Waals surface area contributed by atoms with E-state index in [1.807, 2.05) is 32.0 Å². The topological polar surface area (TPSA) is 86.7 Å². The quantitative estimate of drug-likeness (QED) is 0.799. The Kier molecular flexibility index (Phi) is 6.49. The fourth-order valence-corrected chi connectivity index (χ4v) is 2.57. The van der Waals surface area contributed by atoms with Crippen molar-refractivity contribution < 1.29 is 19.5 Å². The van der Waals surface area contributed by atoms with E-state index in [0.29, 0.717) is 18.7 Å². The lowest BCUT2D eigenvalue weighted by atomic mass is 10.1. The van der Waals surface area contributed by atoms with E-state index in [9.17, 15) is 14.4 Å². The Morgan fingerprint density at radius 2 is 1.73 bits per heavy atom. The molecule has 2 N–H and O–H groups in total. The molecule has 6 heteroatoms. The molecule has 0 saturated carbocycles. The van der Waals surface area contributed by atoms with Gasteiger partial charge in [0.2, 0.25) is 5.91 Å². The summed E-state index contributed by atoms with van der Waals surface area (Å²) in [5.74, 6) is -1.76. The van der Waals surface area contributed by atoms with Crippen molar-refractivity contribution in [2.75, 3.05) is 18.4 Å². The number of aryl methyl sites for hydroxylation is 1. The molecule has 26 heavy (non-hydrogen) atoms. The van der Waals surface area contributed by atoms with Gasteiger partial charge < -0.3 is 15.3 Å². The first-order valence-electron chi connectivity index (χ1n) is 8.40. The third kappa shape index (κ3) is 4.92. The maximum atomic E-state index is 12.7. The molecular weight excluding hydrogens is 332 g/mol. The predicted octanol–water partition coefficient (Wildman–Crippen LogP) is 3.18. The second-order valence-corrected chi connectivity index (χ2v) is 5.98. The van der Waals surface area contributed by atoms with Crippen molar-refractivity contribution >= 4 is 23.5 Å². The summed E-state index contributed by atoms with van der Waals surface area (Å²) in [6, 6.07) is 13.2. The third-order valence-corrected chi connectivity index (χ3v) is 3.89. The molecule has 0 fully saturated rings. The van der Waals surface area contributed by atoms with Crippen molar-refractivity contribution in [2.45, 2.75) is 20.3 Å². The number of nitrogens with zero attached hydrogens (tertiary/aromatic N) is 1. The molecule has 0 aromatic heterocycles. The molecule has 0 bridgehead atoms. The van der Waals surface area contributed by atoms with Gasteiger partial charge in [-0.1, -0.05) is 31.2 Å². The van der Waals surface area contributed by atoms with Gasteiger partial charge in [0.15, 0.2) is 0 Å². The highest BCUT2D eigenvalue weighted by Crippen LogP contribution is 2.14. The van der Waals surface area contributed by atoms with E-state index in [2.05, 4.69) is 5.32 Å². The van der Waals surface area contributed by atoms with Crippen LogP contribution in [-0.2, 0) is 4.79 Å². The van der Waals surface area contributed by atoms with Crippen molar-refractivity contribution in [2.24, 2.45) is 0 Å². The highest BCUT2D eigenvalue weighted by Gasteiger charge is 2.19. The van der Waals surface area contributed by atoms with E-state index in [-0.39, 0.29) is 29.5 Å². The number of hydrogen-bond donors (Lipinski definition) is 2. The first kappa shape index (κ1) is 19.2. The molecule has 2 rings (SSSR count). The SMILES string of the molecule is CCCN(CC(=O)Nc1ccccc1C)C(=O)c1cccc(C(=O)O)c1. The number of aromatic carboxylic acids is 1. The molecule has 0 aliphatic rings. The number of para-hydroxylation sites is 1. The Bertz CT molecular complexity index is 817. The Balaban J connectivity index is 2.13. The summed E-state index contributed by atoms with van der Waals surface area (Å²) in [5.41, 5.74) is 1.93. The van der Waals surface area contributed by atoms with Gasteiger partial charge in [0.25, 0.3) is 5.91 Å². The first-order valence-corrected chi connectivity index (χ1v) is 8.40. The van der Waals surface area contributed by atoms with Gasteiger partial charge in [-0.15, -0.1) is 0 Å². The van der Waals surface area contributed by atoms with Crippen LogP contribution in [0.2, 0.25) is 0 Å². The Morgan fingerprint density at radius 3 is 2.38 bits per heavy atom. The zero-order valence-corrected chi connectivity index (χ0v) is 14.9. The van der Waals surface area contributed by atoms with E-state index in [1.165, 1.54) is 23.1 Å². The van der Waals surface area contributed by atoms with Crippen LogP contribution in [0.25, 0.3) is 0 Å². The van der Waals surface area contributed by atoms with Gasteiger partial charge in [-0.25, -0.2) is 4.79 Å². The van der Waals surface area contributed by atoms with Gasteiger partial charge in [-0.05, 0) is 43.2 Å². The van der Waals surface area contributed by atoms with E-state index in [4.69, 9.17) is 5.11 Å². The smallest absolute Gasteiger partial charge is 0.335 e. The average Bonchev–Trinajstić information content (AvgIpc) is 2.62. The molecule has 0 unspecified atom stereocenters. The largest absolute Gasteiger partial charge is 0.478 e. The molecule has 2 aromatic rings. The fraction of sp³-hybridized carbons (Fsp3) is 0.250. The minimum absolute atomic E-state index is 0.0386. The second kappa shape index (κ2) is 8.80. The van der Waals surface area contributed by atoms with Crippen molar-refractivity contribution in [3.05, 3.63) is 65.2 Å². The standard InChI is InChI=1S/C20H22N2O4/c1-3-11-22(13-18(23)21-17-10-5-4-7-14(17)2)19(24)15-8-6-9-16(12-15)20(25)26/h4-10,12H,3,11,13H2,1-2H3,(H,21,23)(H,25,26). The van der Waals surface area contributed by atoms with E-state index in [0.717, 1.165) is 5.56 Å². The molecule has 0 atom stereocenters. The summed E-state index contributed by atoms with van der Waals surface area (Å²) in [6.45, 7) is 4.10. The van der Waals surface area contributed by atoms with Crippen molar-refractivity contribution in [3.8, 4) is 0 Å². The number of carbonyl (C=O) groups is 3. The van der Waals surface area contributed by atoms with Gasteiger partial charge in [0.05, 0.1) is 5.56 Å². The molecule has 0 spiro atoms.